The van der Waals surface area contributed by atoms with Gasteiger partial charge in [-0.05, 0) is 76.9 Å². The van der Waals surface area contributed by atoms with Crippen molar-refractivity contribution in [2.75, 3.05) is 13.7 Å². The largest absolute Gasteiger partial charge is 0.496 e. The van der Waals surface area contributed by atoms with E-state index in [0.29, 0.717) is 50.5 Å². The number of hydrazone groups is 1. The molecule has 0 spiro atoms. The first-order valence-electron chi connectivity index (χ1n) is 13.0. The molecule has 5 aromatic rings. The second kappa shape index (κ2) is 13.3. The van der Waals surface area contributed by atoms with Crippen molar-refractivity contribution in [2.45, 2.75) is 6.92 Å². The first-order valence-corrected chi connectivity index (χ1v) is 14.6. The minimum absolute atomic E-state index is 0.172. The van der Waals surface area contributed by atoms with Gasteiger partial charge in [0.05, 0.1) is 25.4 Å². The number of fused-ring (bicyclic) bond motifs is 1. The SMILES string of the molecule is CCOc1cc(C=NNC(=O)c2[nH]c3c(Br)cccc3c2-c2ccccc2Cl)ccc1OC(=O)c1cc(Cl)ccc1OC. The van der Waals surface area contributed by atoms with Crippen LogP contribution in [0.15, 0.2) is 88.4 Å². The van der Waals surface area contributed by atoms with Crippen LogP contribution in [0.1, 0.15) is 33.3 Å². The standard InChI is InChI=1S/C32H24BrCl2N3O5/c1-3-42-27-15-18(11-13-26(27)43-32(40)22-16-19(34)12-14-25(22)41-2)17-36-38-31(39)30-28(20-7-4-5-10-24(20)35)21-8-6-9-23(33)29(21)37-30/h4-17,37H,3H2,1-2H3,(H,38,39). The van der Waals surface area contributed by atoms with E-state index in [0.717, 1.165) is 15.4 Å². The molecule has 0 fully saturated rings. The van der Waals surface area contributed by atoms with Crippen molar-refractivity contribution in [1.82, 2.24) is 10.4 Å². The molecule has 0 aliphatic rings. The Bertz CT molecular complexity index is 1870. The summed E-state index contributed by atoms with van der Waals surface area (Å²) >= 11 is 16.1. The van der Waals surface area contributed by atoms with E-state index in [-0.39, 0.29) is 11.3 Å². The molecule has 218 valence electrons. The number of hydrogen-bond donors (Lipinski definition) is 2. The number of hydrogen-bond acceptors (Lipinski definition) is 6. The summed E-state index contributed by atoms with van der Waals surface area (Å²) < 4.78 is 17.4. The highest BCUT2D eigenvalue weighted by molar-refractivity contribution is 9.10. The summed E-state index contributed by atoms with van der Waals surface area (Å²) in [5.74, 6) is -0.280. The first-order chi connectivity index (χ1) is 20.8. The number of aromatic nitrogens is 1. The van der Waals surface area contributed by atoms with Gasteiger partial charge in [-0.3, -0.25) is 4.79 Å². The minimum Gasteiger partial charge on any atom is -0.496 e. The van der Waals surface area contributed by atoms with Gasteiger partial charge in [0, 0.05) is 31.0 Å². The number of aromatic amines is 1. The summed E-state index contributed by atoms with van der Waals surface area (Å²) in [6.45, 7) is 2.13. The number of benzene rings is 4. The summed E-state index contributed by atoms with van der Waals surface area (Å²) in [6.07, 6.45) is 1.46. The molecule has 2 N–H and O–H groups in total. The van der Waals surface area contributed by atoms with Gasteiger partial charge in [-0.25, -0.2) is 10.2 Å². The Morgan fingerprint density at radius 1 is 0.977 bits per heavy atom. The average molecular weight is 681 g/mol. The number of para-hydroxylation sites is 1. The quantitative estimate of drug-likeness (QED) is 0.0706. The number of esters is 1. The Labute approximate surface area is 265 Å². The number of halogens is 3. The van der Waals surface area contributed by atoms with Gasteiger partial charge in [-0.15, -0.1) is 0 Å². The predicted octanol–water partition coefficient (Wildman–Crippen LogP) is 8.29. The molecular formula is C32H24BrCl2N3O5. The van der Waals surface area contributed by atoms with Crippen LogP contribution in [0, 0.1) is 0 Å². The molecule has 0 aliphatic heterocycles. The number of carbonyl (C=O) groups excluding carboxylic acids is 2. The fourth-order valence-electron chi connectivity index (χ4n) is 4.47. The van der Waals surface area contributed by atoms with Crippen LogP contribution < -0.4 is 19.6 Å². The van der Waals surface area contributed by atoms with Gasteiger partial charge in [0.15, 0.2) is 11.5 Å². The van der Waals surface area contributed by atoms with Crippen LogP contribution in [0.3, 0.4) is 0 Å². The Hall–Kier alpha value is -4.31. The molecule has 5 rings (SSSR count). The second-order valence-corrected chi connectivity index (χ2v) is 10.8. The molecule has 1 aromatic heterocycles. The van der Waals surface area contributed by atoms with E-state index in [1.165, 1.54) is 19.4 Å². The molecule has 1 heterocycles. The monoisotopic (exact) mass is 679 g/mol. The van der Waals surface area contributed by atoms with Crippen molar-refractivity contribution in [2.24, 2.45) is 5.10 Å². The maximum absolute atomic E-state index is 13.4. The third-order valence-electron chi connectivity index (χ3n) is 6.38. The molecular weight excluding hydrogens is 657 g/mol. The Morgan fingerprint density at radius 2 is 1.77 bits per heavy atom. The summed E-state index contributed by atoms with van der Waals surface area (Å²) in [5, 5.41) is 5.87. The lowest BCUT2D eigenvalue weighted by molar-refractivity contribution is 0.0724. The lowest BCUT2D eigenvalue weighted by Gasteiger charge is -2.13. The van der Waals surface area contributed by atoms with E-state index in [2.05, 4.69) is 31.4 Å². The molecule has 8 nitrogen and oxygen atoms in total. The van der Waals surface area contributed by atoms with E-state index in [9.17, 15) is 9.59 Å². The van der Waals surface area contributed by atoms with Crippen LogP contribution in [-0.4, -0.2) is 36.8 Å². The van der Waals surface area contributed by atoms with Gasteiger partial charge in [0.25, 0.3) is 5.91 Å². The number of nitrogens with one attached hydrogen (secondary N) is 2. The summed E-state index contributed by atoms with van der Waals surface area (Å²) in [7, 11) is 1.45. The summed E-state index contributed by atoms with van der Waals surface area (Å²) in [6, 6.07) is 22.6. The summed E-state index contributed by atoms with van der Waals surface area (Å²) in [4.78, 5) is 29.5. The van der Waals surface area contributed by atoms with E-state index < -0.39 is 11.9 Å². The zero-order valence-corrected chi connectivity index (χ0v) is 26.0. The third kappa shape index (κ3) is 6.54. The molecule has 0 aliphatic carbocycles. The van der Waals surface area contributed by atoms with Crippen LogP contribution >= 0.6 is 39.1 Å². The van der Waals surface area contributed by atoms with Gasteiger partial charge >= 0.3 is 5.97 Å². The lowest BCUT2D eigenvalue weighted by atomic mass is 10.0. The summed E-state index contributed by atoms with van der Waals surface area (Å²) in [5.41, 5.74) is 5.79. The van der Waals surface area contributed by atoms with Crippen LogP contribution in [0.25, 0.3) is 22.0 Å². The molecule has 0 atom stereocenters. The normalized spacial score (nSPS) is 11.1. The lowest BCUT2D eigenvalue weighted by Crippen LogP contribution is -2.19. The maximum atomic E-state index is 13.4. The number of nitrogens with zero attached hydrogens (tertiary/aromatic N) is 1. The van der Waals surface area contributed by atoms with E-state index in [1.807, 2.05) is 43.3 Å². The van der Waals surface area contributed by atoms with Gasteiger partial charge in [0.2, 0.25) is 0 Å². The van der Waals surface area contributed by atoms with Crippen molar-refractivity contribution < 1.29 is 23.8 Å². The average Bonchev–Trinajstić information content (AvgIpc) is 3.39. The highest BCUT2D eigenvalue weighted by Gasteiger charge is 2.22. The van der Waals surface area contributed by atoms with Crippen molar-refractivity contribution in [3.8, 4) is 28.4 Å². The van der Waals surface area contributed by atoms with Gasteiger partial charge < -0.3 is 19.2 Å². The molecule has 43 heavy (non-hydrogen) atoms. The number of amides is 1. The maximum Gasteiger partial charge on any atom is 0.347 e. The van der Waals surface area contributed by atoms with Crippen molar-refractivity contribution in [3.63, 3.8) is 0 Å². The van der Waals surface area contributed by atoms with Crippen LogP contribution in [0.4, 0.5) is 0 Å². The Kier molecular flexibility index (Phi) is 9.35. The number of rotatable bonds is 9. The number of ether oxygens (including phenoxy) is 3. The van der Waals surface area contributed by atoms with Crippen molar-refractivity contribution >= 4 is 68.1 Å². The molecule has 0 saturated carbocycles. The second-order valence-electron chi connectivity index (χ2n) is 9.09. The molecule has 4 aromatic carbocycles. The molecule has 0 unspecified atom stereocenters. The minimum atomic E-state index is -0.659. The first kappa shape index (κ1) is 30.2. The smallest absolute Gasteiger partial charge is 0.347 e. The van der Waals surface area contributed by atoms with Crippen LogP contribution in [0.5, 0.6) is 17.2 Å². The van der Waals surface area contributed by atoms with Gasteiger partial charge in [0.1, 0.15) is 17.0 Å². The van der Waals surface area contributed by atoms with Crippen LogP contribution in [-0.2, 0) is 0 Å². The zero-order valence-electron chi connectivity index (χ0n) is 22.9. The Morgan fingerprint density at radius 3 is 2.53 bits per heavy atom. The van der Waals surface area contributed by atoms with Crippen molar-refractivity contribution in [1.29, 1.82) is 0 Å². The van der Waals surface area contributed by atoms with Crippen molar-refractivity contribution in [3.05, 3.63) is 110 Å². The van der Waals surface area contributed by atoms with Gasteiger partial charge in [-0.1, -0.05) is 53.5 Å². The molecule has 0 radical (unpaired) electrons. The van der Waals surface area contributed by atoms with Crippen LogP contribution in [0.2, 0.25) is 10.0 Å². The van der Waals surface area contributed by atoms with Gasteiger partial charge in [-0.2, -0.15) is 5.10 Å². The highest BCUT2D eigenvalue weighted by Crippen LogP contribution is 2.39. The third-order valence-corrected chi connectivity index (χ3v) is 7.61. The fraction of sp³-hybridized carbons (Fsp3) is 0.0938. The fourth-order valence-corrected chi connectivity index (χ4v) is 5.34. The topological polar surface area (TPSA) is 102 Å². The molecule has 0 bridgehead atoms. The molecule has 11 heteroatoms. The predicted molar refractivity (Wildman–Crippen MR) is 172 cm³/mol. The number of H-pyrrole nitrogens is 1. The number of carbonyl (C=O) groups is 2. The number of methoxy groups -OCH3 is 1. The molecule has 0 saturated heterocycles. The Balaban J connectivity index is 1.38. The highest BCUT2D eigenvalue weighted by atomic mass is 79.9. The zero-order chi connectivity index (χ0) is 30.5. The van der Waals surface area contributed by atoms with E-state index >= 15 is 0 Å². The van der Waals surface area contributed by atoms with E-state index in [1.54, 1.807) is 36.4 Å². The molecule has 1 amide bonds. The van der Waals surface area contributed by atoms with E-state index in [4.69, 9.17) is 37.4 Å².